The normalized spacial score (nSPS) is 15.3. The van der Waals surface area contributed by atoms with E-state index in [4.69, 9.17) is 9.47 Å². The van der Waals surface area contributed by atoms with Crippen LogP contribution in [-0.2, 0) is 19.1 Å². The van der Waals surface area contributed by atoms with Gasteiger partial charge in [0.1, 0.15) is 11.6 Å². The summed E-state index contributed by atoms with van der Waals surface area (Å²) >= 11 is 0. The predicted molar refractivity (Wildman–Crippen MR) is 169 cm³/mol. The predicted octanol–water partition coefficient (Wildman–Crippen LogP) is 5.43. The number of alkyl carbamates (subject to hydrolysis) is 1. The Balaban J connectivity index is 2.79. The smallest absolute Gasteiger partial charge is 0.428 e. The molecule has 0 aliphatic heterocycles. The monoisotopic (exact) mass is 611 g/mol. The van der Waals surface area contributed by atoms with E-state index in [2.05, 4.69) is 21.4 Å². The highest BCUT2D eigenvalue weighted by Crippen LogP contribution is 2.27. The molecule has 0 saturated heterocycles. The molecule has 0 radical (unpaired) electrons. The van der Waals surface area contributed by atoms with Crippen molar-refractivity contribution in [2.24, 2.45) is 11.8 Å². The SMILES string of the molecule is CCC[C@H](NC(=O)[C@H](CCCCNC(=O)OC(C)(C)C)NCCCC1CCCCC1)C(=O)NN(CC(C)C)C(=O)OCC. The Labute approximate surface area is 260 Å². The van der Waals surface area contributed by atoms with E-state index < -0.39 is 35.8 Å². The molecule has 0 aromatic carbocycles. The number of ether oxygens (including phenoxy) is 2. The summed E-state index contributed by atoms with van der Waals surface area (Å²) in [5, 5.41) is 10.3. The van der Waals surface area contributed by atoms with Crippen LogP contribution in [0.5, 0.6) is 0 Å². The van der Waals surface area contributed by atoms with E-state index in [-0.39, 0.29) is 18.4 Å². The fourth-order valence-corrected chi connectivity index (χ4v) is 5.22. The van der Waals surface area contributed by atoms with Gasteiger partial charge in [0, 0.05) is 13.1 Å². The van der Waals surface area contributed by atoms with Gasteiger partial charge in [-0.15, -0.1) is 0 Å². The fraction of sp³-hybridized carbons (Fsp3) is 0.875. The minimum Gasteiger partial charge on any atom is -0.448 e. The van der Waals surface area contributed by atoms with E-state index in [0.717, 1.165) is 25.3 Å². The topological polar surface area (TPSA) is 138 Å². The molecule has 0 spiro atoms. The van der Waals surface area contributed by atoms with Gasteiger partial charge in [0.05, 0.1) is 12.6 Å². The van der Waals surface area contributed by atoms with Gasteiger partial charge < -0.3 is 25.4 Å². The third-order valence-electron chi connectivity index (χ3n) is 7.30. The number of carbonyl (C=O) groups excluding carboxylic acids is 4. The van der Waals surface area contributed by atoms with Crippen molar-refractivity contribution < 1.29 is 28.7 Å². The summed E-state index contributed by atoms with van der Waals surface area (Å²) in [6.07, 6.45) is 10.7. The summed E-state index contributed by atoms with van der Waals surface area (Å²) in [6.45, 7) is 14.7. The lowest BCUT2D eigenvalue weighted by Gasteiger charge is -2.28. The van der Waals surface area contributed by atoms with Gasteiger partial charge >= 0.3 is 12.2 Å². The van der Waals surface area contributed by atoms with E-state index in [0.29, 0.717) is 45.2 Å². The largest absolute Gasteiger partial charge is 0.448 e. The molecule has 0 aromatic heterocycles. The molecular formula is C32H61N5O6. The Bertz CT molecular complexity index is 826. The number of carbonyl (C=O) groups is 4. The van der Waals surface area contributed by atoms with Gasteiger partial charge in [-0.25, -0.2) is 14.6 Å². The Morgan fingerprint density at radius 3 is 2.19 bits per heavy atom. The number of hydrogen-bond donors (Lipinski definition) is 4. The zero-order valence-electron chi connectivity index (χ0n) is 28.0. The lowest BCUT2D eigenvalue weighted by Crippen LogP contribution is -2.57. The summed E-state index contributed by atoms with van der Waals surface area (Å²) in [5.41, 5.74) is 2.11. The minimum absolute atomic E-state index is 0.107. The third kappa shape index (κ3) is 18.0. The highest BCUT2D eigenvalue weighted by Gasteiger charge is 2.28. The molecule has 11 heteroatoms. The molecule has 43 heavy (non-hydrogen) atoms. The molecule has 1 saturated carbocycles. The summed E-state index contributed by atoms with van der Waals surface area (Å²) < 4.78 is 10.4. The highest BCUT2D eigenvalue weighted by atomic mass is 16.6. The molecule has 1 rings (SSSR count). The molecule has 4 N–H and O–H groups in total. The molecule has 0 unspecified atom stereocenters. The molecule has 4 amide bonds. The number of unbranched alkanes of at least 4 members (excludes halogenated alkanes) is 1. The maximum Gasteiger partial charge on any atom is 0.428 e. The standard InChI is InChI=1S/C32H61N5O6/c1-8-16-27(29(39)36-37(23-24(3)4)31(41)42-9-2)35-28(38)26(33-22-15-19-25-17-11-10-12-18-25)20-13-14-21-34-30(40)43-32(5,6)7/h24-27,33H,8-23H2,1-7H3,(H,34,40)(H,35,38)(H,36,39)/t26-,27-/m0/s1. The van der Waals surface area contributed by atoms with Crippen molar-refractivity contribution in [1.82, 2.24) is 26.4 Å². The Morgan fingerprint density at radius 2 is 1.58 bits per heavy atom. The fourth-order valence-electron chi connectivity index (χ4n) is 5.22. The van der Waals surface area contributed by atoms with Crippen LogP contribution in [0.4, 0.5) is 9.59 Å². The number of hydrazine groups is 1. The van der Waals surface area contributed by atoms with Crippen molar-refractivity contribution in [2.45, 2.75) is 143 Å². The van der Waals surface area contributed by atoms with Crippen molar-refractivity contribution in [3.8, 4) is 0 Å². The van der Waals surface area contributed by atoms with Gasteiger partial charge in [-0.1, -0.05) is 59.3 Å². The van der Waals surface area contributed by atoms with Crippen molar-refractivity contribution in [2.75, 3.05) is 26.2 Å². The molecule has 11 nitrogen and oxygen atoms in total. The van der Waals surface area contributed by atoms with E-state index in [9.17, 15) is 19.2 Å². The first-order chi connectivity index (χ1) is 20.4. The van der Waals surface area contributed by atoms with Crippen LogP contribution in [0.2, 0.25) is 0 Å². The number of nitrogens with zero attached hydrogens (tertiary/aromatic N) is 1. The highest BCUT2D eigenvalue weighted by molar-refractivity contribution is 5.90. The van der Waals surface area contributed by atoms with Gasteiger partial charge in [0.15, 0.2) is 0 Å². The number of amides is 4. The average Bonchev–Trinajstić information content (AvgIpc) is 2.92. The van der Waals surface area contributed by atoms with Crippen LogP contribution in [0.25, 0.3) is 0 Å². The van der Waals surface area contributed by atoms with Gasteiger partial charge in [-0.3, -0.25) is 15.0 Å². The molecule has 0 bridgehead atoms. The maximum atomic E-state index is 13.5. The van der Waals surface area contributed by atoms with Crippen LogP contribution in [0.1, 0.15) is 126 Å². The molecule has 0 heterocycles. The van der Waals surface area contributed by atoms with Gasteiger partial charge in [-0.05, 0) is 84.6 Å². The zero-order chi connectivity index (χ0) is 32.3. The first-order valence-electron chi connectivity index (χ1n) is 16.6. The first-order valence-corrected chi connectivity index (χ1v) is 16.6. The Kier molecular flexibility index (Phi) is 19.0. The van der Waals surface area contributed by atoms with E-state index in [1.165, 1.54) is 37.1 Å². The lowest BCUT2D eigenvalue weighted by molar-refractivity contribution is -0.133. The molecule has 0 aromatic rings. The third-order valence-corrected chi connectivity index (χ3v) is 7.30. The van der Waals surface area contributed by atoms with Crippen LogP contribution >= 0.6 is 0 Å². The van der Waals surface area contributed by atoms with Crippen molar-refractivity contribution in [1.29, 1.82) is 0 Å². The maximum absolute atomic E-state index is 13.5. The van der Waals surface area contributed by atoms with Crippen molar-refractivity contribution in [3.05, 3.63) is 0 Å². The van der Waals surface area contributed by atoms with E-state index >= 15 is 0 Å². The van der Waals surface area contributed by atoms with Gasteiger partial charge in [-0.2, -0.15) is 0 Å². The zero-order valence-corrected chi connectivity index (χ0v) is 28.0. The van der Waals surface area contributed by atoms with Crippen molar-refractivity contribution in [3.63, 3.8) is 0 Å². The molecule has 250 valence electrons. The molecule has 1 aliphatic rings. The molecular weight excluding hydrogens is 550 g/mol. The lowest BCUT2D eigenvalue weighted by atomic mass is 9.86. The molecule has 1 fully saturated rings. The molecule has 2 atom stereocenters. The van der Waals surface area contributed by atoms with Gasteiger partial charge in [0.2, 0.25) is 5.91 Å². The first kappa shape index (κ1) is 38.5. The Hall–Kier alpha value is -2.56. The van der Waals surface area contributed by atoms with Crippen molar-refractivity contribution >= 4 is 24.0 Å². The summed E-state index contributed by atoms with van der Waals surface area (Å²) in [6, 6.07) is -1.26. The number of hydrogen-bond acceptors (Lipinski definition) is 7. The quantitative estimate of drug-likeness (QED) is 0.120. The second-order valence-corrected chi connectivity index (χ2v) is 13.1. The van der Waals surface area contributed by atoms with Crippen LogP contribution in [0.3, 0.4) is 0 Å². The second kappa shape index (κ2) is 21.2. The summed E-state index contributed by atoms with van der Waals surface area (Å²) in [7, 11) is 0. The second-order valence-electron chi connectivity index (χ2n) is 13.1. The molecule has 1 aliphatic carbocycles. The average molecular weight is 612 g/mol. The van der Waals surface area contributed by atoms with E-state index in [1.54, 1.807) is 6.92 Å². The number of nitrogens with one attached hydrogen (secondary N) is 4. The van der Waals surface area contributed by atoms with Crippen LogP contribution < -0.4 is 21.4 Å². The van der Waals surface area contributed by atoms with Crippen LogP contribution in [-0.4, -0.2) is 72.9 Å². The van der Waals surface area contributed by atoms with Crippen LogP contribution in [0, 0.1) is 11.8 Å². The minimum atomic E-state index is -0.790. The van der Waals surface area contributed by atoms with Gasteiger partial charge in [0.25, 0.3) is 5.91 Å². The summed E-state index contributed by atoms with van der Waals surface area (Å²) in [4.78, 5) is 51.1. The van der Waals surface area contributed by atoms with E-state index in [1.807, 2.05) is 41.5 Å². The number of rotatable bonds is 18. The summed E-state index contributed by atoms with van der Waals surface area (Å²) in [5.74, 6) is 0.197. The van der Waals surface area contributed by atoms with Crippen LogP contribution in [0.15, 0.2) is 0 Å². The Morgan fingerprint density at radius 1 is 0.884 bits per heavy atom.